The molecule has 0 bridgehead atoms. The Morgan fingerprint density at radius 1 is 1.18 bits per heavy atom. The fourth-order valence-corrected chi connectivity index (χ4v) is 4.11. The lowest BCUT2D eigenvalue weighted by molar-refractivity contribution is 0.0892. The molecule has 8 nitrogen and oxygen atoms in total. The highest BCUT2D eigenvalue weighted by Gasteiger charge is 2.21. The zero-order chi connectivity index (χ0) is 22.6. The molecule has 0 aliphatic carbocycles. The van der Waals surface area contributed by atoms with Crippen LogP contribution in [-0.2, 0) is 16.0 Å². The van der Waals surface area contributed by atoms with E-state index >= 15 is 0 Å². The van der Waals surface area contributed by atoms with Crippen molar-refractivity contribution in [3.05, 3.63) is 23.8 Å². The molecule has 0 amide bonds. The second kappa shape index (κ2) is 15.6. The summed E-state index contributed by atoms with van der Waals surface area (Å²) in [5, 5.41) is 3.45. The van der Waals surface area contributed by atoms with Gasteiger partial charge in [-0.1, -0.05) is 0 Å². The Morgan fingerprint density at radius 3 is 2.67 bits per heavy atom. The van der Waals surface area contributed by atoms with Gasteiger partial charge in [0.05, 0.1) is 27.4 Å². The minimum atomic E-state index is 0. The van der Waals surface area contributed by atoms with E-state index in [1.165, 1.54) is 0 Å². The van der Waals surface area contributed by atoms with Crippen molar-refractivity contribution in [1.82, 2.24) is 15.1 Å². The van der Waals surface area contributed by atoms with Crippen molar-refractivity contribution in [2.45, 2.75) is 26.3 Å². The first-order valence-corrected chi connectivity index (χ1v) is 11.9. The highest BCUT2D eigenvalue weighted by atomic mass is 127. The third-order valence-corrected chi connectivity index (χ3v) is 5.97. The normalized spacial score (nSPS) is 19.3. The van der Waals surface area contributed by atoms with Crippen LogP contribution in [0.4, 0.5) is 0 Å². The molecular weight excluding hydrogens is 535 g/mol. The number of halogens is 1. The molecule has 9 heteroatoms. The van der Waals surface area contributed by atoms with E-state index < -0.39 is 0 Å². The number of methoxy groups -OCH3 is 2. The number of nitrogens with zero attached hydrogens (tertiary/aromatic N) is 3. The maximum atomic E-state index is 5.80. The smallest absolute Gasteiger partial charge is 0.194 e. The second-order valence-electron chi connectivity index (χ2n) is 8.33. The van der Waals surface area contributed by atoms with Crippen LogP contribution in [0.5, 0.6) is 11.5 Å². The van der Waals surface area contributed by atoms with E-state index in [4.69, 9.17) is 23.9 Å². The number of hydrogen-bond acceptors (Lipinski definition) is 6. The molecule has 33 heavy (non-hydrogen) atoms. The first-order valence-electron chi connectivity index (χ1n) is 11.9. The van der Waals surface area contributed by atoms with Gasteiger partial charge in [-0.3, -0.25) is 9.89 Å². The van der Waals surface area contributed by atoms with Crippen LogP contribution in [0.3, 0.4) is 0 Å². The number of hydrogen-bond donors (Lipinski definition) is 1. The number of guanidine groups is 1. The molecule has 1 aromatic carbocycles. The lowest BCUT2D eigenvalue weighted by atomic mass is 10.1. The number of piperazine rings is 1. The van der Waals surface area contributed by atoms with Crippen LogP contribution in [0.15, 0.2) is 23.2 Å². The largest absolute Gasteiger partial charge is 0.497 e. The van der Waals surface area contributed by atoms with Gasteiger partial charge in [0, 0.05) is 70.5 Å². The van der Waals surface area contributed by atoms with E-state index in [1.807, 2.05) is 12.1 Å². The van der Waals surface area contributed by atoms with E-state index in [0.717, 1.165) is 108 Å². The van der Waals surface area contributed by atoms with Crippen LogP contribution >= 0.6 is 24.0 Å². The summed E-state index contributed by atoms with van der Waals surface area (Å²) in [4.78, 5) is 9.65. The molecule has 2 saturated heterocycles. The monoisotopic (exact) mass is 576 g/mol. The minimum absolute atomic E-state index is 0. The summed E-state index contributed by atoms with van der Waals surface area (Å²) in [6, 6.07) is 5.98. The van der Waals surface area contributed by atoms with Gasteiger partial charge in [-0.05, 0) is 38.0 Å². The van der Waals surface area contributed by atoms with Gasteiger partial charge in [-0.2, -0.15) is 0 Å². The Balaban J connectivity index is 0.00000385. The van der Waals surface area contributed by atoms with Crippen LogP contribution in [-0.4, -0.2) is 95.7 Å². The quantitative estimate of drug-likeness (QED) is 0.188. The summed E-state index contributed by atoms with van der Waals surface area (Å²) in [6.07, 6.45) is 2.07. The molecule has 188 valence electrons. The van der Waals surface area contributed by atoms with Crippen molar-refractivity contribution in [3.8, 4) is 11.5 Å². The average molecular weight is 577 g/mol. The molecule has 0 saturated carbocycles. The van der Waals surface area contributed by atoms with Gasteiger partial charge in [0.25, 0.3) is 0 Å². The van der Waals surface area contributed by atoms with Crippen LogP contribution in [0.25, 0.3) is 0 Å². The van der Waals surface area contributed by atoms with Crippen LogP contribution < -0.4 is 14.8 Å². The molecule has 0 spiro atoms. The zero-order valence-corrected chi connectivity index (χ0v) is 22.7. The van der Waals surface area contributed by atoms with E-state index in [-0.39, 0.29) is 24.0 Å². The SMILES string of the molecule is CCNC(=NCCCOCC1CCOC1)N1CCN(Cc2cc(OC)ccc2OC)CC1.I. The van der Waals surface area contributed by atoms with Crippen LogP contribution in [0.2, 0.25) is 0 Å². The maximum absolute atomic E-state index is 5.80. The van der Waals surface area contributed by atoms with Crippen LogP contribution in [0, 0.1) is 5.92 Å². The number of nitrogens with one attached hydrogen (secondary N) is 1. The molecule has 1 N–H and O–H groups in total. The Hall–Kier alpha value is -1.30. The Kier molecular flexibility index (Phi) is 13.2. The van der Waals surface area contributed by atoms with Gasteiger partial charge in [0.15, 0.2) is 5.96 Å². The molecule has 0 aromatic heterocycles. The van der Waals surface area contributed by atoms with E-state index in [1.54, 1.807) is 14.2 Å². The molecule has 2 aliphatic heterocycles. The molecule has 1 unspecified atom stereocenters. The standard InChI is InChI=1S/C24H40N4O4.HI/c1-4-25-24(26-9-5-14-31-18-20-8-15-32-19-20)28-12-10-27(11-13-28)17-21-16-22(29-2)6-7-23(21)30-3;/h6-7,16,20H,4-5,8-15,17-19H2,1-3H3,(H,25,26);1H. The first kappa shape index (κ1) is 27.9. The molecule has 2 fully saturated rings. The highest BCUT2D eigenvalue weighted by Crippen LogP contribution is 2.25. The van der Waals surface area contributed by atoms with Gasteiger partial charge in [0.1, 0.15) is 11.5 Å². The maximum Gasteiger partial charge on any atom is 0.194 e. The molecule has 0 radical (unpaired) electrons. The molecule has 3 rings (SSSR count). The Morgan fingerprint density at radius 2 is 2.00 bits per heavy atom. The first-order chi connectivity index (χ1) is 15.7. The van der Waals surface area contributed by atoms with E-state index in [2.05, 4.69) is 28.1 Å². The van der Waals surface area contributed by atoms with Crippen LogP contribution in [0.1, 0.15) is 25.3 Å². The topological polar surface area (TPSA) is 67.8 Å². The minimum Gasteiger partial charge on any atom is -0.497 e. The number of ether oxygens (including phenoxy) is 4. The van der Waals surface area contributed by atoms with Gasteiger partial charge in [0.2, 0.25) is 0 Å². The Labute approximate surface area is 216 Å². The average Bonchev–Trinajstić information content (AvgIpc) is 3.34. The lowest BCUT2D eigenvalue weighted by Gasteiger charge is -2.36. The summed E-state index contributed by atoms with van der Waals surface area (Å²) < 4.78 is 22.1. The molecule has 1 aromatic rings. The van der Waals surface area contributed by atoms with Crippen molar-refractivity contribution in [1.29, 1.82) is 0 Å². The summed E-state index contributed by atoms with van der Waals surface area (Å²) in [7, 11) is 3.42. The summed E-state index contributed by atoms with van der Waals surface area (Å²) in [5.41, 5.74) is 1.16. The summed E-state index contributed by atoms with van der Waals surface area (Å²) >= 11 is 0. The number of aliphatic imine (C=N–C) groups is 1. The van der Waals surface area contributed by atoms with Crippen molar-refractivity contribution in [2.24, 2.45) is 10.9 Å². The summed E-state index contributed by atoms with van der Waals surface area (Å²) in [6.45, 7) is 11.8. The summed E-state index contributed by atoms with van der Waals surface area (Å²) in [5.74, 6) is 3.35. The zero-order valence-electron chi connectivity index (χ0n) is 20.4. The molecule has 2 heterocycles. The fourth-order valence-electron chi connectivity index (χ4n) is 4.11. The number of benzene rings is 1. The van der Waals surface area contributed by atoms with Crippen molar-refractivity contribution in [3.63, 3.8) is 0 Å². The lowest BCUT2D eigenvalue weighted by Crippen LogP contribution is -2.52. The van der Waals surface area contributed by atoms with Gasteiger partial charge in [-0.15, -0.1) is 24.0 Å². The van der Waals surface area contributed by atoms with E-state index in [0.29, 0.717) is 5.92 Å². The third kappa shape index (κ3) is 9.11. The predicted octanol–water partition coefficient (Wildman–Crippen LogP) is 2.85. The molecule has 1 atom stereocenters. The second-order valence-corrected chi connectivity index (χ2v) is 8.33. The number of rotatable bonds is 11. The van der Waals surface area contributed by atoms with Crippen molar-refractivity contribution in [2.75, 3.05) is 79.9 Å². The highest BCUT2D eigenvalue weighted by molar-refractivity contribution is 14.0. The molecular formula is C24H41IN4O4. The van der Waals surface area contributed by atoms with E-state index in [9.17, 15) is 0 Å². The Bertz CT molecular complexity index is 708. The van der Waals surface area contributed by atoms with Crippen molar-refractivity contribution >= 4 is 29.9 Å². The van der Waals surface area contributed by atoms with Gasteiger partial charge in [-0.25, -0.2) is 0 Å². The predicted molar refractivity (Wildman–Crippen MR) is 142 cm³/mol. The molecule has 2 aliphatic rings. The van der Waals surface area contributed by atoms with Crippen molar-refractivity contribution < 1.29 is 18.9 Å². The third-order valence-electron chi connectivity index (χ3n) is 5.97. The van der Waals surface area contributed by atoms with Gasteiger partial charge >= 0.3 is 0 Å². The van der Waals surface area contributed by atoms with Gasteiger partial charge < -0.3 is 29.2 Å². The fraction of sp³-hybridized carbons (Fsp3) is 0.708.